The molecule has 1 aliphatic heterocycles. The van der Waals surface area contributed by atoms with Gasteiger partial charge in [-0.2, -0.15) is 0 Å². The fourth-order valence-electron chi connectivity index (χ4n) is 2.78. The van der Waals surface area contributed by atoms with E-state index in [-0.39, 0.29) is 17.8 Å². The van der Waals surface area contributed by atoms with Crippen molar-refractivity contribution in [3.05, 3.63) is 35.6 Å². The number of nitrogens with one attached hydrogen (secondary N) is 1. The largest absolute Gasteiger partial charge is 0.354 e. The predicted octanol–water partition coefficient (Wildman–Crippen LogP) is 2.75. The summed E-state index contributed by atoms with van der Waals surface area (Å²) in [5.41, 5.74) is 1.04. The van der Waals surface area contributed by atoms with Crippen molar-refractivity contribution in [3.8, 4) is 0 Å². The van der Waals surface area contributed by atoms with E-state index in [2.05, 4.69) is 10.2 Å². The molecule has 0 spiro atoms. The van der Waals surface area contributed by atoms with Gasteiger partial charge < -0.3 is 5.32 Å². The number of rotatable bonds is 5. The molecular weight excluding hydrogens is 267 g/mol. The highest BCUT2D eigenvalue weighted by Crippen LogP contribution is 2.12. The summed E-state index contributed by atoms with van der Waals surface area (Å²) < 4.78 is 12.8. The summed E-state index contributed by atoms with van der Waals surface area (Å²) in [6.07, 6.45) is 5.66. The van der Waals surface area contributed by atoms with Gasteiger partial charge in [-0.05, 0) is 57.0 Å². The van der Waals surface area contributed by atoms with Crippen molar-refractivity contribution in [2.24, 2.45) is 0 Å². The van der Waals surface area contributed by atoms with Crippen LogP contribution in [-0.4, -0.2) is 36.5 Å². The molecule has 1 atom stereocenters. The summed E-state index contributed by atoms with van der Waals surface area (Å²) in [7, 11) is 0. The third kappa shape index (κ3) is 5.12. The highest BCUT2D eigenvalue weighted by atomic mass is 19.1. The molecular formula is C17H25FN2O. The van der Waals surface area contributed by atoms with Crippen molar-refractivity contribution < 1.29 is 9.18 Å². The van der Waals surface area contributed by atoms with Crippen LogP contribution in [0.2, 0.25) is 0 Å². The molecule has 1 aromatic carbocycles. The van der Waals surface area contributed by atoms with Gasteiger partial charge in [-0.15, -0.1) is 0 Å². The van der Waals surface area contributed by atoms with Crippen molar-refractivity contribution in [1.29, 1.82) is 0 Å². The van der Waals surface area contributed by atoms with Crippen LogP contribution in [0.15, 0.2) is 24.3 Å². The van der Waals surface area contributed by atoms with Crippen LogP contribution in [0.5, 0.6) is 0 Å². The summed E-state index contributed by atoms with van der Waals surface area (Å²) in [6.45, 7) is 4.63. The molecule has 0 aromatic heterocycles. The van der Waals surface area contributed by atoms with Crippen LogP contribution in [0.1, 0.15) is 38.2 Å². The van der Waals surface area contributed by atoms with Gasteiger partial charge in [0.1, 0.15) is 5.82 Å². The maximum absolute atomic E-state index is 12.8. The third-order valence-electron chi connectivity index (χ3n) is 4.19. The molecule has 1 amide bonds. The zero-order valence-corrected chi connectivity index (χ0v) is 12.8. The number of nitrogens with zero attached hydrogens (tertiary/aromatic N) is 1. The van der Waals surface area contributed by atoms with Crippen molar-refractivity contribution in [3.63, 3.8) is 0 Å². The zero-order chi connectivity index (χ0) is 15.1. The van der Waals surface area contributed by atoms with Crippen molar-refractivity contribution >= 4 is 5.91 Å². The standard InChI is InChI=1S/C17H25FN2O/c1-14(20-12-4-2-3-5-13-20)17(21)19-11-10-15-6-8-16(18)9-7-15/h6-9,14H,2-5,10-13H2,1H3,(H,19,21). The lowest BCUT2D eigenvalue weighted by Crippen LogP contribution is -2.46. The summed E-state index contributed by atoms with van der Waals surface area (Å²) in [6, 6.07) is 6.38. The second-order valence-corrected chi connectivity index (χ2v) is 5.79. The number of halogens is 1. The Kier molecular flexibility index (Phi) is 6.18. The molecule has 1 N–H and O–H groups in total. The molecule has 4 heteroatoms. The first-order valence-electron chi connectivity index (χ1n) is 7.93. The molecule has 0 aliphatic carbocycles. The summed E-state index contributed by atoms with van der Waals surface area (Å²) in [5, 5.41) is 2.99. The monoisotopic (exact) mass is 292 g/mol. The van der Waals surface area contributed by atoms with E-state index in [0.717, 1.165) is 25.1 Å². The minimum Gasteiger partial charge on any atom is -0.354 e. The van der Waals surface area contributed by atoms with E-state index in [0.29, 0.717) is 6.54 Å². The Balaban J connectivity index is 1.74. The Hall–Kier alpha value is -1.42. The Morgan fingerprint density at radius 1 is 1.19 bits per heavy atom. The molecule has 1 fully saturated rings. The third-order valence-corrected chi connectivity index (χ3v) is 4.19. The van der Waals surface area contributed by atoms with Crippen LogP contribution in [0.4, 0.5) is 4.39 Å². The van der Waals surface area contributed by atoms with Gasteiger partial charge in [0.2, 0.25) is 5.91 Å². The average Bonchev–Trinajstić information content (AvgIpc) is 2.77. The molecule has 116 valence electrons. The highest BCUT2D eigenvalue weighted by Gasteiger charge is 2.21. The van der Waals surface area contributed by atoms with Crippen LogP contribution in [0.3, 0.4) is 0 Å². The normalized spacial score (nSPS) is 18.0. The van der Waals surface area contributed by atoms with E-state index in [1.54, 1.807) is 12.1 Å². The molecule has 2 rings (SSSR count). The molecule has 1 unspecified atom stereocenters. The second kappa shape index (κ2) is 8.13. The summed E-state index contributed by atoms with van der Waals surface area (Å²) in [5.74, 6) is -0.128. The second-order valence-electron chi connectivity index (χ2n) is 5.79. The SMILES string of the molecule is CC(C(=O)NCCc1ccc(F)cc1)N1CCCCCC1. The number of amides is 1. The molecule has 1 saturated heterocycles. The van der Waals surface area contributed by atoms with Crippen molar-refractivity contribution in [2.45, 2.75) is 45.1 Å². The Bertz CT molecular complexity index is 439. The van der Waals surface area contributed by atoms with Crippen LogP contribution in [0, 0.1) is 5.82 Å². The maximum atomic E-state index is 12.8. The van der Waals surface area contributed by atoms with Gasteiger partial charge in [-0.1, -0.05) is 25.0 Å². The first kappa shape index (κ1) is 16.0. The molecule has 1 heterocycles. The lowest BCUT2D eigenvalue weighted by molar-refractivity contribution is -0.125. The summed E-state index contributed by atoms with van der Waals surface area (Å²) >= 11 is 0. The number of likely N-dealkylation sites (tertiary alicyclic amines) is 1. The van der Waals surface area contributed by atoms with Gasteiger partial charge in [0.15, 0.2) is 0 Å². The Morgan fingerprint density at radius 3 is 2.43 bits per heavy atom. The first-order chi connectivity index (χ1) is 10.2. The van der Waals surface area contributed by atoms with Gasteiger partial charge in [0.05, 0.1) is 6.04 Å². The van der Waals surface area contributed by atoms with Gasteiger partial charge in [-0.3, -0.25) is 9.69 Å². The average molecular weight is 292 g/mol. The van der Waals surface area contributed by atoms with E-state index in [1.165, 1.54) is 37.8 Å². The molecule has 0 bridgehead atoms. The van der Waals surface area contributed by atoms with Crippen LogP contribution >= 0.6 is 0 Å². The first-order valence-corrected chi connectivity index (χ1v) is 7.93. The topological polar surface area (TPSA) is 32.3 Å². The molecule has 1 aliphatic rings. The highest BCUT2D eigenvalue weighted by molar-refractivity contribution is 5.81. The zero-order valence-electron chi connectivity index (χ0n) is 12.8. The maximum Gasteiger partial charge on any atom is 0.237 e. The minimum absolute atomic E-state index is 0.0590. The fraction of sp³-hybridized carbons (Fsp3) is 0.588. The lowest BCUT2D eigenvalue weighted by atomic mass is 10.1. The van der Waals surface area contributed by atoms with E-state index in [4.69, 9.17) is 0 Å². The quantitative estimate of drug-likeness (QED) is 0.905. The van der Waals surface area contributed by atoms with Gasteiger partial charge in [0.25, 0.3) is 0 Å². The Labute approximate surface area is 126 Å². The van der Waals surface area contributed by atoms with Crippen LogP contribution < -0.4 is 5.32 Å². The van der Waals surface area contributed by atoms with E-state index >= 15 is 0 Å². The van der Waals surface area contributed by atoms with Crippen LogP contribution in [-0.2, 0) is 11.2 Å². The number of hydrogen-bond donors (Lipinski definition) is 1. The van der Waals surface area contributed by atoms with E-state index in [1.807, 2.05) is 6.92 Å². The lowest BCUT2D eigenvalue weighted by Gasteiger charge is -2.26. The number of benzene rings is 1. The molecule has 0 radical (unpaired) electrons. The molecule has 1 aromatic rings. The smallest absolute Gasteiger partial charge is 0.237 e. The van der Waals surface area contributed by atoms with Gasteiger partial charge >= 0.3 is 0 Å². The van der Waals surface area contributed by atoms with E-state index in [9.17, 15) is 9.18 Å². The number of carbonyl (C=O) groups is 1. The number of hydrogen-bond acceptors (Lipinski definition) is 2. The molecule has 3 nitrogen and oxygen atoms in total. The van der Waals surface area contributed by atoms with Crippen molar-refractivity contribution in [1.82, 2.24) is 10.2 Å². The van der Waals surface area contributed by atoms with Gasteiger partial charge in [-0.25, -0.2) is 4.39 Å². The molecule has 0 saturated carbocycles. The van der Waals surface area contributed by atoms with E-state index < -0.39 is 0 Å². The summed E-state index contributed by atoms with van der Waals surface area (Å²) in [4.78, 5) is 14.5. The minimum atomic E-state index is -0.224. The fourth-order valence-corrected chi connectivity index (χ4v) is 2.78. The number of carbonyl (C=O) groups excluding carboxylic acids is 1. The Morgan fingerprint density at radius 2 is 1.81 bits per heavy atom. The van der Waals surface area contributed by atoms with Crippen LogP contribution in [0.25, 0.3) is 0 Å². The van der Waals surface area contributed by atoms with Crippen molar-refractivity contribution in [2.75, 3.05) is 19.6 Å². The predicted molar refractivity (Wildman–Crippen MR) is 82.6 cm³/mol. The van der Waals surface area contributed by atoms with Gasteiger partial charge in [0, 0.05) is 6.54 Å². The molecule has 21 heavy (non-hydrogen) atoms.